The van der Waals surface area contributed by atoms with Crippen molar-refractivity contribution < 1.29 is 4.42 Å². The van der Waals surface area contributed by atoms with E-state index in [0.29, 0.717) is 21.6 Å². The van der Waals surface area contributed by atoms with Gasteiger partial charge >= 0.3 is 0 Å². The minimum Gasteiger partial charge on any atom is -0.455 e. The summed E-state index contributed by atoms with van der Waals surface area (Å²) in [5, 5.41) is 3.39. The van der Waals surface area contributed by atoms with E-state index in [0.717, 1.165) is 26.5 Å². The molecule has 0 spiro atoms. The monoisotopic (exact) mass is 443 g/mol. The van der Waals surface area contributed by atoms with Crippen molar-refractivity contribution in [3.05, 3.63) is 87.0 Å². The van der Waals surface area contributed by atoms with Crippen LogP contribution in [-0.4, -0.2) is 6.21 Å². The fourth-order valence-corrected chi connectivity index (χ4v) is 3.61. The van der Waals surface area contributed by atoms with Crippen molar-refractivity contribution in [3.63, 3.8) is 0 Å². The number of hydrogen-bond acceptors (Lipinski definition) is 2. The van der Waals surface area contributed by atoms with Crippen molar-refractivity contribution in [1.29, 1.82) is 0 Å². The molecule has 3 aromatic carbocycles. The van der Waals surface area contributed by atoms with Gasteiger partial charge in [-0.1, -0.05) is 63.4 Å². The summed E-state index contributed by atoms with van der Waals surface area (Å²) in [6.07, 6.45) is 1.71. The number of furan rings is 1. The van der Waals surface area contributed by atoms with Crippen molar-refractivity contribution in [2.45, 2.75) is 0 Å². The number of fused-ring (bicyclic) bond motifs is 1. The van der Waals surface area contributed by atoms with E-state index in [2.05, 4.69) is 27.0 Å². The zero-order valence-corrected chi connectivity index (χ0v) is 16.5. The van der Waals surface area contributed by atoms with Crippen LogP contribution in [0.2, 0.25) is 10.0 Å². The topological polar surface area (TPSA) is 25.5 Å². The quantitative estimate of drug-likeness (QED) is 0.294. The normalized spacial score (nSPS) is 11.5. The molecule has 1 aromatic heterocycles. The van der Waals surface area contributed by atoms with E-state index in [1.165, 1.54) is 0 Å². The number of aliphatic imine (C=N–C) groups is 1. The van der Waals surface area contributed by atoms with E-state index >= 15 is 0 Å². The van der Waals surface area contributed by atoms with Gasteiger partial charge in [0.1, 0.15) is 11.5 Å². The maximum atomic E-state index is 6.24. The lowest BCUT2D eigenvalue weighted by molar-refractivity contribution is 0.575. The van der Waals surface area contributed by atoms with E-state index in [9.17, 15) is 0 Å². The predicted molar refractivity (Wildman–Crippen MR) is 113 cm³/mol. The molecule has 0 fully saturated rings. The molecular weight excluding hydrogens is 433 g/mol. The lowest BCUT2D eigenvalue weighted by Crippen LogP contribution is -1.79. The second-order valence-corrected chi connectivity index (χ2v) is 7.39. The van der Waals surface area contributed by atoms with Crippen LogP contribution in [0.1, 0.15) is 5.76 Å². The molecule has 2 nitrogen and oxygen atoms in total. The van der Waals surface area contributed by atoms with E-state index in [1.807, 2.05) is 42.5 Å². The van der Waals surface area contributed by atoms with Crippen LogP contribution in [0.5, 0.6) is 0 Å². The zero-order valence-electron chi connectivity index (χ0n) is 13.4. The van der Waals surface area contributed by atoms with Gasteiger partial charge in [0, 0.05) is 20.4 Å². The van der Waals surface area contributed by atoms with Gasteiger partial charge in [-0.05, 0) is 47.9 Å². The standard InChI is InChI=1S/C21H12BrCl2NO/c22-18-7-9-20(16-4-2-1-3-15(16)18)25-12-14-6-10-21(26-14)17-11-13(23)5-8-19(17)24/h1-12H. The molecule has 0 radical (unpaired) electrons. The molecule has 4 rings (SSSR count). The van der Waals surface area contributed by atoms with E-state index in [4.69, 9.17) is 27.6 Å². The van der Waals surface area contributed by atoms with Gasteiger partial charge in [0.15, 0.2) is 0 Å². The van der Waals surface area contributed by atoms with Crippen molar-refractivity contribution in [2.24, 2.45) is 4.99 Å². The van der Waals surface area contributed by atoms with Crippen LogP contribution >= 0.6 is 39.1 Å². The van der Waals surface area contributed by atoms with E-state index < -0.39 is 0 Å². The third-order valence-electron chi connectivity index (χ3n) is 4.00. The first kappa shape index (κ1) is 17.3. The Morgan fingerprint density at radius 2 is 1.69 bits per heavy atom. The summed E-state index contributed by atoms with van der Waals surface area (Å²) in [6.45, 7) is 0. The van der Waals surface area contributed by atoms with Gasteiger partial charge in [-0.3, -0.25) is 4.99 Å². The van der Waals surface area contributed by atoms with Gasteiger partial charge in [-0.15, -0.1) is 0 Å². The second-order valence-electron chi connectivity index (χ2n) is 5.70. The molecule has 4 aromatic rings. The smallest absolute Gasteiger partial charge is 0.145 e. The number of hydrogen-bond donors (Lipinski definition) is 0. The van der Waals surface area contributed by atoms with Crippen LogP contribution in [-0.2, 0) is 0 Å². The fourth-order valence-electron chi connectivity index (χ4n) is 2.75. The lowest BCUT2D eigenvalue weighted by atomic mass is 10.1. The third kappa shape index (κ3) is 3.43. The van der Waals surface area contributed by atoms with Gasteiger partial charge in [0.05, 0.1) is 16.9 Å². The Morgan fingerprint density at radius 3 is 2.54 bits per heavy atom. The molecule has 0 saturated carbocycles. The summed E-state index contributed by atoms with van der Waals surface area (Å²) in [5.41, 5.74) is 1.63. The van der Waals surface area contributed by atoms with Gasteiger partial charge in [0.2, 0.25) is 0 Å². The first-order valence-electron chi connectivity index (χ1n) is 7.88. The van der Waals surface area contributed by atoms with Crippen LogP contribution in [0.4, 0.5) is 5.69 Å². The molecule has 0 saturated heterocycles. The molecule has 0 aliphatic heterocycles. The van der Waals surface area contributed by atoms with Gasteiger partial charge < -0.3 is 4.42 Å². The average Bonchev–Trinajstić information content (AvgIpc) is 3.12. The zero-order chi connectivity index (χ0) is 18.1. The molecular formula is C21H12BrCl2NO. The highest BCUT2D eigenvalue weighted by molar-refractivity contribution is 9.10. The highest BCUT2D eigenvalue weighted by Crippen LogP contribution is 2.33. The van der Waals surface area contributed by atoms with Crippen LogP contribution in [0.25, 0.3) is 22.1 Å². The summed E-state index contributed by atoms with van der Waals surface area (Å²) in [6, 6.07) is 21.1. The third-order valence-corrected chi connectivity index (χ3v) is 5.26. The SMILES string of the molecule is Clc1ccc(Cl)c(-c2ccc(C=Nc3ccc(Br)c4ccccc34)o2)c1. The van der Waals surface area contributed by atoms with Crippen LogP contribution < -0.4 is 0 Å². The molecule has 0 amide bonds. The summed E-state index contributed by atoms with van der Waals surface area (Å²) in [4.78, 5) is 4.59. The molecule has 0 atom stereocenters. The largest absolute Gasteiger partial charge is 0.455 e. The Bertz CT molecular complexity index is 1130. The molecule has 1 heterocycles. The summed E-state index contributed by atoms with van der Waals surface area (Å²) < 4.78 is 6.91. The highest BCUT2D eigenvalue weighted by Gasteiger charge is 2.09. The summed E-state index contributed by atoms with van der Waals surface area (Å²) in [5.74, 6) is 1.29. The Hall–Kier alpha value is -2.07. The van der Waals surface area contributed by atoms with Crippen molar-refractivity contribution >= 4 is 61.8 Å². The van der Waals surface area contributed by atoms with E-state index in [-0.39, 0.29) is 0 Å². The minimum atomic E-state index is 0.589. The van der Waals surface area contributed by atoms with Crippen LogP contribution in [0.15, 0.2) is 80.6 Å². The van der Waals surface area contributed by atoms with Gasteiger partial charge in [-0.2, -0.15) is 0 Å². The van der Waals surface area contributed by atoms with Gasteiger partial charge in [-0.25, -0.2) is 0 Å². The van der Waals surface area contributed by atoms with Crippen molar-refractivity contribution in [1.82, 2.24) is 0 Å². The second kappa shape index (κ2) is 7.28. The number of nitrogens with zero attached hydrogens (tertiary/aromatic N) is 1. The Kier molecular flexibility index (Phi) is 4.86. The van der Waals surface area contributed by atoms with Crippen LogP contribution in [0.3, 0.4) is 0 Å². The number of halogens is 3. The molecule has 0 aliphatic carbocycles. The Morgan fingerprint density at radius 1 is 0.885 bits per heavy atom. The molecule has 0 aliphatic rings. The molecule has 0 N–H and O–H groups in total. The average molecular weight is 445 g/mol. The van der Waals surface area contributed by atoms with E-state index in [1.54, 1.807) is 24.4 Å². The Labute approximate surface area is 169 Å². The highest BCUT2D eigenvalue weighted by atomic mass is 79.9. The minimum absolute atomic E-state index is 0.589. The maximum Gasteiger partial charge on any atom is 0.145 e. The van der Waals surface area contributed by atoms with Crippen molar-refractivity contribution in [3.8, 4) is 11.3 Å². The molecule has 0 unspecified atom stereocenters. The summed E-state index contributed by atoms with van der Waals surface area (Å²) >= 11 is 15.9. The number of rotatable bonds is 3. The first-order chi connectivity index (χ1) is 12.6. The van der Waals surface area contributed by atoms with Crippen LogP contribution in [0, 0.1) is 0 Å². The number of benzene rings is 3. The molecule has 128 valence electrons. The Balaban J connectivity index is 1.68. The lowest BCUT2D eigenvalue weighted by Gasteiger charge is -2.03. The predicted octanol–water partition coefficient (Wildman–Crippen LogP) is 7.92. The maximum absolute atomic E-state index is 6.24. The first-order valence-corrected chi connectivity index (χ1v) is 9.43. The molecule has 5 heteroatoms. The fraction of sp³-hybridized carbons (Fsp3) is 0. The summed E-state index contributed by atoms with van der Waals surface area (Å²) in [7, 11) is 0. The van der Waals surface area contributed by atoms with Crippen molar-refractivity contribution in [2.75, 3.05) is 0 Å². The molecule has 26 heavy (non-hydrogen) atoms. The van der Waals surface area contributed by atoms with Gasteiger partial charge in [0.25, 0.3) is 0 Å². The molecule has 0 bridgehead atoms.